The average Bonchev–Trinajstić information content (AvgIpc) is 2.57. The molecule has 0 saturated carbocycles. The van der Waals surface area contributed by atoms with Gasteiger partial charge in [0.2, 0.25) is 5.91 Å². The third-order valence-corrected chi connectivity index (χ3v) is 4.39. The van der Waals surface area contributed by atoms with Crippen molar-refractivity contribution in [3.63, 3.8) is 0 Å². The third kappa shape index (κ3) is 4.22. The molecule has 0 fully saturated rings. The molecule has 0 spiro atoms. The predicted octanol–water partition coefficient (Wildman–Crippen LogP) is 2.59. The minimum absolute atomic E-state index is 0.0983. The number of benzene rings is 2. The molecule has 2 rings (SSSR count). The zero-order chi connectivity index (χ0) is 17.7. The Labute approximate surface area is 144 Å². The van der Waals surface area contributed by atoms with E-state index in [2.05, 4.69) is 41.4 Å². The van der Waals surface area contributed by atoms with Crippen molar-refractivity contribution in [1.29, 1.82) is 0 Å². The lowest BCUT2D eigenvalue weighted by Crippen LogP contribution is -2.50. The van der Waals surface area contributed by atoms with Crippen LogP contribution in [0.15, 0.2) is 54.6 Å². The second-order valence-electron chi connectivity index (χ2n) is 6.67. The molecule has 0 bridgehead atoms. The van der Waals surface area contributed by atoms with E-state index in [-0.39, 0.29) is 11.9 Å². The molecular formula is C20H27N3O. The monoisotopic (exact) mass is 325 g/mol. The number of carbonyl (C=O) groups excluding carboxylic acids is 1. The van der Waals surface area contributed by atoms with E-state index in [4.69, 9.17) is 5.73 Å². The van der Waals surface area contributed by atoms with Gasteiger partial charge in [-0.05, 0) is 39.1 Å². The van der Waals surface area contributed by atoms with E-state index in [9.17, 15) is 4.79 Å². The van der Waals surface area contributed by atoms with E-state index in [1.165, 1.54) is 11.1 Å². The highest BCUT2D eigenvalue weighted by atomic mass is 16.2. The summed E-state index contributed by atoms with van der Waals surface area (Å²) in [6.45, 7) is 4.32. The number of amides is 1. The molecular weight excluding hydrogens is 298 g/mol. The van der Waals surface area contributed by atoms with Gasteiger partial charge in [0.1, 0.15) is 5.54 Å². The van der Waals surface area contributed by atoms with Crippen molar-refractivity contribution in [2.45, 2.75) is 25.4 Å². The quantitative estimate of drug-likeness (QED) is 0.858. The van der Waals surface area contributed by atoms with E-state index in [0.29, 0.717) is 6.54 Å². The number of likely N-dealkylation sites (N-methyl/N-ethyl adjacent to an activating group) is 1. The van der Waals surface area contributed by atoms with Gasteiger partial charge in [0.25, 0.3) is 0 Å². The summed E-state index contributed by atoms with van der Waals surface area (Å²) in [7, 11) is 4.02. The molecule has 2 aromatic rings. The van der Waals surface area contributed by atoms with Gasteiger partial charge in [-0.15, -0.1) is 0 Å². The SMILES string of the molecule is Cc1ccc(C(CNC(=O)C(C)(N)c2ccccc2)N(C)C)cc1. The molecule has 4 nitrogen and oxygen atoms in total. The molecule has 0 aliphatic heterocycles. The Morgan fingerprint density at radius 1 is 1.12 bits per heavy atom. The topological polar surface area (TPSA) is 58.4 Å². The van der Waals surface area contributed by atoms with Crippen LogP contribution in [0.1, 0.15) is 29.7 Å². The highest BCUT2D eigenvalue weighted by molar-refractivity contribution is 5.87. The molecule has 2 unspecified atom stereocenters. The highest BCUT2D eigenvalue weighted by Crippen LogP contribution is 2.20. The zero-order valence-corrected chi connectivity index (χ0v) is 14.9. The number of aryl methyl sites for hydroxylation is 1. The normalized spacial score (nSPS) is 14.9. The van der Waals surface area contributed by atoms with E-state index in [0.717, 1.165) is 5.56 Å². The molecule has 0 aliphatic carbocycles. The van der Waals surface area contributed by atoms with Crippen molar-refractivity contribution < 1.29 is 4.79 Å². The van der Waals surface area contributed by atoms with Crippen LogP contribution >= 0.6 is 0 Å². The molecule has 0 saturated heterocycles. The van der Waals surface area contributed by atoms with Crippen LogP contribution < -0.4 is 11.1 Å². The maximum atomic E-state index is 12.6. The Morgan fingerprint density at radius 3 is 2.25 bits per heavy atom. The smallest absolute Gasteiger partial charge is 0.244 e. The minimum atomic E-state index is -1.05. The van der Waals surface area contributed by atoms with Gasteiger partial charge in [-0.25, -0.2) is 0 Å². The van der Waals surface area contributed by atoms with Crippen molar-refractivity contribution in [1.82, 2.24) is 10.2 Å². The Balaban J connectivity index is 2.09. The summed E-state index contributed by atoms with van der Waals surface area (Å²) in [6, 6.07) is 17.9. The van der Waals surface area contributed by atoms with Gasteiger partial charge in [0, 0.05) is 6.54 Å². The summed E-state index contributed by atoms with van der Waals surface area (Å²) >= 11 is 0. The number of nitrogens with two attached hydrogens (primary N) is 1. The molecule has 0 aromatic heterocycles. The minimum Gasteiger partial charge on any atom is -0.352 e. The number of rotatable bonds is 6. The summed E-state index contributed by atoms with van der Waals surface area (Å²) in [5.74, 6) is -0.173. The Bertz CT molecular complexity index is 663. The summed E-state index contributed by atoms with van der Waals surface area (Å²) in [5.41, 5.74) is 8.42. The number of hydrogen-bond acceptors (Lipinski definition) is 3. The maximum absolute atomic E-state index is 12.6. The second kappa shape index (κ2) is 7.60. The van der Waals surface area contributed by atoms with Gasteiger partial charge < -0.3 is 16.0 Å². The number of nitrogens with one attached hydrogen (secondary N) is 1. The second-order valence-corrected chi connectivity index (χ2v) is 6.67. The van der Waals surface area contributed by atoms with Gasteiger partial charge in [-0.2, -0.15) is 0 Å². The van der Waals surface area contributed by atoms with E-state index in [1.807, 2.05) is 44.4 Å². The summed E-state index contributed by atoms with van der Waals surface area (Å²) in [4.78, 5) is 14.7. The first kappa shape index (κ1) is 18.2. The summed E-state index contributed by atoms with van der Waals surface area (Å²) in [6.07, 6.45) is 0. The molecule has 3 N–H and O–H groups in total. The summed E-state index contributed by atoms with van der Waals surface area (Å²) < 4.78 is 0. The van der Waals surface area contributed by atoms with Crippen LogP contribution in [-0.2, 0) is 10.3 Å². The van der Waals surface area contributed by atoms with E-state index < -0.39 is 5.54 Å². The van der Waals surface area contributed by atoms with Crippen molar-refractivity contribution in [3.05, 3.63) is 71.3 Å². The molecule has 1 amide bonds. The largest absolute Gasteiger partial charge is 0.352 e. The van der Waals surface area contributed by atoms with Crippen LogP contribution in [0.2, 0.25) is 0 Å². The molecule has 24 heavy (non-hydrogen) atoms. The number of hydrogen-bond donors (Lipinski definition) is 2. The Kier molecular flexibility index (Phi) is 5.75. The van der Waals surface area contributed by atoms with Gasteiger partial charge in [0.15, 0.2) is 0 Å². The first-order valence-electron chi connectivity index (χ1n) is 8.18. The van der Waals surface area contributed by atoms with Crippen molar-refractivity contribution in [2.75, 3.05) is 20.6 Å². The lowest BCUT2D eigenvalue weighted by molar-refractivity contribution is -0.126. The van der Waals surface area contributed by atoms with Crippen LogP contribution in [0.4, 0.5) is 0 Å². The fourth-order valence-corrected chi connectivity index (χ4v) is 2.68. The van der Waals surface area contributed by atoms with Crippen molar-refractivity contribution >= 4 is 5.91 Å². The van der Waals surface area contributed by atoms with Gasteiger partial charge in [-0.1, -0.05) is 60.2 Å². The number of carbonyl (C=O) groups is 1. The average molecular weight is 325 g/mol. The fourth-order valence-electron chi connectivity index (χ4n) is 2.68. The van der Waals surface area contributed by atoms with Crippen LogP contribution in [0, 0.1) is 6.92 Å². The maximum Gasteiger partial charge on any atom is 0.244 e. The van der Waals surface area contributed by atoms with Gasteiger partial charge in [-0.3, -0.25) is 4.79 Å². The highest BCUT2D eigenvalue weighted by Gasteiger charge is 2.30. The van der Waals surface area contributed by atoms with Gasteiger partial charge in [0.05, 0.1) is 6.04 Å². The van der Waals surface area contributed by atoms with Crippen LogP contribution in [0.25, 0.3) is 0 Å². The number of nitrogens with zero attached hydrogens (tertiary/aromatic N) is 1. The van der Waals surface area contributed by atoms with E-state index in [1.54, 1.807) is 6.92 Å². The van der Waals surface area contributed by atoms with Crippen molar-refractivity contribution in [2.24, 2.45) is 5.73 Å². The fraction of sp³-hybridized carbons (Fsp3) is 0.350. The Hall–Kier alpha value is -2.17. The predicted molar refractivity (Wildman–Crippen MR) is 98.6 cm³/mol. The van der Waals surface area contributed by atoms with Crippen molar-refractivity contribution in [3.8, 4) is 0 Å². The third-order valence-electron chi connectivity index (χ3n) is 4.39. The standard InChI is InChI=1S/C20H27N3O/c1-15-10-12-16(13-11-15)18(23(3)4)14-22-19(24)20(2,21)17-8-6-5-7-9-17/h5-13,18H,14,21H2,1-4H3,(H,22,24). The van der Waals surface area contributed by atoms with Crippen LogP contribution in [0.5, 0.6) is 0 Å². The molecule has 4 heteroatoms. The lowest BCUT2D eigenvalue weighted by Gasteiger charge is -2.29. The molecule has 0 radical (unpaired) electrons. The summed E-state index contributed by atoms with van der Waals surface area (Å²) in [5, 5.41) is 3.01. The van der Waals surface area contributed by atoms with Crippen LogP contribution in [-0.4, -0.2) is 31.4 Å². The molecule has 128 valence electrons. The molecule has 0 heterocycles. The van der Waals surface area contributed by atoms with Crippen LogP contribution in [0.3, 0.4) is 0 Å². The first-order chi connectivity index (χ1) is 11.3. The first-order valence-corrected chi connectivity index (χ1v) is 8.18. The lowest BCUT2D eigenvalue weighted by atomic mass is 9.92. The molecule has 2 aromatic carbocycles. The zero-order valence-electron chi connectivity index (χ0n) is 14.9. The Morgan fingerprint density at radius 2 is 1.71 bits per heavy atom. The molecule has 0 aliphatic rings. The molecule has 2 atom stereocenters. The van der Waals surface area contributed by atoms with E-state index >= 15 is 0 Å². The van der Waals surface area contributed by atoms with Gasteiger partial charge >= 0.3 is 0 Å².